The summed E-state index contributed by atoms with van der Waals surface area (Å²) in [5.41, 5.74) is -2.91. The van der Waals surface area contributed by atoms with Gasteiger partial charge in [0.2, 0.25) is 0 Å². The number of hydrogen-bond acceptors (Lipinski definition) is 6. The molecular formula is C19H27FO7S. The molecule has 0 spiro atoms. The largest absolute Gasteiger partial charge is 0.465 e. The molecule has 7 nitrogen and oxygen atoms in total. The Morgan fingerprint density at radius 2 is 1.68 bits per heavy atom. The third-order valence-corrected chi connectivity index (χ3v) is 8.02. The van der Waals surface area contributed by atoms with E-state index in [0.717, 1.165) is 17.8 Å². The molecule has 5 saturated carbocycles. The number of rotatable bonds is 6. The van der Waals surface area contributed by atoms with E-state index in [9.17, 15) is 22.4 Å². The van der Waals surface area contributed by atoms with Crippen molar-refractivity contribution in [1.29, 1.82) is 0 Å². The zero-order valence-corrected chi connectivity index (χ0v) is 16.5. The Morgan fingerprint density at radius 1 is 1.07 bits per heavy atom. The summed E-state index contributed by atoms with van der Waals surface area (Å²) in [5, 5.41) is 0. The van der Waals surface area contributed by atoms with Crippen molar-refractivity contribution in [2.24, 2.45) is 29.1 Å². The third kappa shape index (κ3) is 3.92. The maximum Gasteiger partial charge on any atom is 0.359 e. The second-order valence-corrected chi connectivity index (χ2v) is 10.8. The summed E-state index contributed by atoms with van der Waals surface area (Å²) in [6.45, 7) is 0.502. The minimum absolute atomic E-state index is 0.185. The van der Waals surface area contributed by atoms with Crippen LogP contribution in [0.25, 0.3) is 0 Å². The van der Waals surface area contributed by atoms with Crippen LogP contribution in [0.15, 0.2) is 0 Å². The first-order valence-electron chi connectivity index (χ1n) is 10.1. The fourth-order valence-corrected chi connectivity index (χ4v) is 6.55. The average molecular weight is 418 g/mol. The molecule has 3 atom stereocenters. The molecule has 158 valence electrons. The lowest BCUT2D eigenvalue weighted by molar-refractivity contribution is -0.158. The van der Waals surface area contributed by atoms with Crippen molar-refractivity contribution in [1.82, 2.24) is 0 Å². The summed E-state index contributed by atoms with van der Waals surface area (Å²) in [7, 11) is -5.12. The van der Waals surface area contributed by atoms with E-state index >= 15 is 0 Å². The van der Waals surface area contributed by atoms with Gasteiger partial charge < -0.3 is 9.47 Å². The second-order valence-electron chi connectivity index (χ2n) is 9.32. The first kappa shape index (κ1) is 20.1. The molecule has 28 heavy (non-hydrogen) atoms. The van der Waals surface area contributed by atoms with E-state index in [1.807, 2.05) is 0 Å². The topological polar surface area (TPSA) is 107 Å². The third-order valence-electron chi connectivity index (χ3n) is 7.31. The normalized spacial score (nSPS) is 40.3. The molecule has 0 amide bonds. The van der Waals surface area contributed by atoms with E-state index < -0.39 is 27.7 Å². The van der Waals surface area contributed by atoms with Crippen LogP contribution >= 0.6 is 0 Å². The van der Waals surface area contributed by atoms with Crippen molar-refractivity contribution in [3.8, 4) is 0 Å². The SMILES string of the molecule is O=C(OCC12CC3CC(C1)C(C3)C2)C1CCC(OC(=O)C(F)S(=O)(=O)O)CC1. The van der Waals surface area contributed by atoms with Gasteiger partial charge >= 0.3 is 27.6 Å². The molecule has 0 heterocycles. The Morgan fingerprint density at radius 3 is 2.21 bits per heavy atom. The quantitative estimate of drug-likeness (QED) is 0.522. The minimum atomic E-state index is -5.12. The number of carbonyl (C=O) groups excluding carboxylic acids is 2. The van der Waals surface area contributed by atoms with Gasteiger partial charge in [-0.25, -0.2) is 9.18 Å². The van der Waals surface area contributed by atoms with Gasteiger partial charge in [0.05, 0.1) is 12.5 Å². The van der Waals surface area contributed by atoms with Gasteiger partial charge in [-0.05, 0) is 75.5 Å². The molecule has 0 aromatic heterocycles. The Labute approximate surface area is 164 Å². The van der Waals surface area contributed by atoms with Crippen molar-refractivity contribution in [2.75, 3.05) is 6.61 Å². The van der Waals surface area contributed by atoms with E-state index in [0.29, 0.717) is 32.3 Å². The molecule has 0 aromatic rings. The predicted octanol–water partition coefficient (Wildman–Crippen LogP) is 2.64. The van der Waals surface area contributed by atoms with Crippen molar-refractivity contribution in [3.63, 3.8) is 0 Å². The minimum Gasteiger partial charge on any atom is -0.465 e. The van der Waals surface area contributed by atoms with Crippen LogP contribution < -0.4 is 0 Å². The number of carbonyl (C=O) groups is 2. The van der Waals surface area contributed by atoms with E-state index in [1.54, 1.807) is 0 Å². The summed E-state index contributed by atoms with van der Waals surface area (Å²) in [6, 6.07) is 0. The number of esters is 2. The summed E-state index contributed by atoms with van der Waals surface area (Å²) in [5.74, 6) is 0.351. The number of alkyl halides is 1. The number of halogens is 1. The van der Waals surface area contributed by atoms with Crippen molar-refractivity contribution >= 4 is 22.1 Å². The molecule has 5 aliphatic rings. The van der Waals surface area contributed by atoms with Gasteiger partial charge in [-0.2, -0.15) is 8.42 Å². The standard InChI is InChI=1S/C19H27FO7S/c20-16(28(23,24)25)18(22)27-15-3-1-12(2-4-15)17(21)26-10-19-7-11-5-13(8-19)14(6-11)9-19/h11-16H,1-10H2,(H,23,24,25). The lowest BCUT2D eigenvalue weighted by Crippen LogP contribution is -2.36. The second kappa shape index (κ2) is 7.23. The van der Waals surface area contributed by atoms with Crippen LogP contribution in [0.2, 0.25) is 0 Å². The molecular weight excluding hydrogens is 391 g/mol. The van der Waals surface area contributed by atoms with Gasteiger partial charge in [-0.15, -0.1) is 0 Å². The first-order chi connectivity index (χ1) is 13.2. The Bertz CT molecular complexity index is 724. The Balaban J connectivity index is 1.21. The van der Waals surface area contributed by atoms with E-state index in [4.69, 9.17) is 14.0 Å². The lowest BCUT2D eigenvalue weighted by atomic mass is 9.70. The van der Waals surface area contributed by atoms with Crippen LogP contribution in [0.1, 0.15) is 57.8 Å². The number of ether oxygens (including phenoxy) is 2. The highest BCUT2D eigenvalue weighted by molar-refractivity contribution is 7.87. The molecule has 9 heteroatoms. The molecule has 4 bridgehead atoms. The van der Waals surface area contributed by atoms with Gasteiger partial charge in [-0.3, -0.25) is 9.35 Å². The molecule has 0 aliphatic heterocycles. The molecule has 5 fully saturated rings. The van der Waals surface area contributed by atoms with Gasteiger partial charge in [0.15, 0.2) is 0 Å². The highest BCUT2D eigenvalue weighted by atomic mass is 32.2. The van der Waals surface area contributed by atoms with Crippen molar-refractivity contribution in [3.05, 3.63) is 0 Å². The van der Waals surface area contributed by atoms with E-state index in [1.165, 1.54) is 32.1 Å². The highest BCUT2D eigenvalue weighted by Gasteiger charge is 2.56. The fourth-order valence-electron chi connectivity index (χ4n) is 6.25. The van der Waals surface area contributed by atoms with Crippen LogP contribution in [-0.4, -0.2) is 43.1 Å². The van der Waals surface area contributed by atoms with E-state index in [2.05, 4.69) is 0 Å². The summed E-state index contributed by atoms with van der Waals surface area (Å²) in [6.07, 6.45) is 7.14. The lowest BCUT2D eigenvalue weighted by Gasteiger charge is -2.38. The molecule has 5 rings (SSSR count). The average Bonchev–Trinajstić information content (AvgIpc) is 3.05. The summed E-state index contributed by atoms with van der Waals surface area (Å²) in [4.78, 5) is 23.9. The maximum atomic E-state index is 13.3. The zero-order chi connectivity index (χ0) is 20.1. The summed E-state index contributed by atoms with van der Waals surface area (Å²) < 4.78 is 53.6. The van der Waals surface area contributed by atoms with E-state index in [-0.39, 0.29) is 17.3 Å². The van der Waals surface area contributed by atoms with Gasteiger partial charge in [0.25, 0.3) is 0 Å². The Kier molecular flexibility index (Phi) is 5.18. The predicted molar refractivity (Wildman–Crippen MR) is 95.2 cm³/mol. The van der Waals surface area contributed by atoms with Crippen LogP contribution in [0.3, 0.4) is 0 Å². The van der Waals surface area contributed by atoms with Gasteiger partial charge in [0.1, 0.15) is 6.10 Å². The highest BCUT2D eigenvalue weighted by Crippen LogP contribution is 2.64. The van der Waals surface area contributed by atoms with Crippen LogP contribution in [0.5, 0.6) is 0 Å². The van der Waals surface area contributed by atoms with Crippen LogP contribution in [0, 0.1) is 29.1 Å². The van der Waals surface area contributed by atoms with Crippen LogP contribution in [-0.2, 0) is 29.2 Å². The summed E-state index contributed by atoms with van der Waals surface area (Å²) >= 11 is 0. The molecule has 5 aliphatic carbocycles. The zero-order valence-electron chi connectivity index (χ0n) is 15.7. The number of hydrogen-bond donors (Lipinski definition) is 1. The molecule has 0 radical (unpaired) electrons. The first-order valence-corrected chi connectivity index (χ1v) is 11.6. The maximum absolute atomic E-state index is 13.3. The monoisotopic (exact) mass is 418 g/mol. The fraction of sp³-hybridized carbons (Fsp3) is 0.895. The smallest absolute Gasteiger partial charge is 0.359 e. The van der Waals surface area contributed by atoms with Crippen LogP contribution in [0.4, 0.5) is 4.39 Å². The molecule has 0 saturated heterocycles. The Hall–Kier alpha value is -1.22. The van der Waals surface area contributed by atoms with Gasteiger partial charge in [-0.1, -0.05) is 0 Å². The van der Waals surface area contributed by atoms with Crippen molar-refractivity contribution < 1.29 is 36.4 Å². The molecule has 1 N–H and O–H groups in total. The van der Waals surface area contributed by atoms with Gasteiger partial charge in [0, 0.05) is 5.41 Å². The van der Waals surface area contributed by atoms with Crippen molar-refractivity contribution in [2.45, 2.75) is 69.4 Å². The molecule has 0 aromatic carbocycles. The molecule has 3 unspecified atom stereocenters.